The van der Waals surface area contributed by atoms with Crippen LogP contribution in [0.1, 0.15) is 28.8 Å². The zero-order valence-corrected chi connectivity index (χ0v) is 19.0. The van der Waals surface area contributed by atoms with Crippen molar-refractivity contribution in [2.24, 2.45) is 0 Å². The number of aryl methyl sites for hydroxylation is 1. The van der Waals surface area contributed by atoms with E-state index in [1.54, 1.807) is 21.8 Å². The summed E-state index contributed by atoms with van der Waals surface area (Å²) in [4.78, 5) is 34.0. The third-order valence-electron chi connectivity index (χ3n) is 6.32. The molecule has 7 heteroatoms. The van der Waals surface area contributed by atoms with Crippen molar-refractivity contribution in [3.05, 3.63) is 90.3 Å². The van der Waals surface area contributed by atoms with Crippen molar-refractivity contribution in [3.8, 4) is 11.3 Å². The second-order valence-corrected chi connectivity index (χ2v) is 8.50. The summed E-state index contributed by atoms with van der Waals surface area (Å²) in [7, 11) is 0. The maximum Gasteiger partial charge on any atom is 0.259 e. The Balaban J connectivity index is 1.20. The molecule has 1 aliphatic rings. The Morgan fingerprint density at radius 2 is 1.50 bits per heavy atom. The van der Waals surface area contributed by atoms with Crippen LogP contribution >= 0.6 is 0 Å². The summed E-state index contributed by atoms with van der Waals surface area (Å²) in [5.41, 5.74) is 4.18. The Kier molecular flexibility index (Phi) is 6.33. The largest absolute Gasteiger partial charge is 0.339 e. The van der Waals surface area contributed by atoms with Crippen LogP contribution in [0.5, 0.6) is 0 Å². The van der Waals surface area contributed by atoms with Gasteiger partial charge in [0.05, 0.1) is 11.9 Å². The summed E-state index contributed by atoms with van der Waals surface area (Å²) in [6.45, 7) is 2.13. The fourth-order valence-electron chi connectivity index (χ4n) is 4.45. The highest BCUT2D eigenvalue weighted by Gasteiger charge is 2.27. The minimum absolute atomic E-state index is 0.0936. The molecule has 4 aromatic rings. The molecular formula is C27H27N5O2. The topological polar surface area (TPSA) is 70.8 Å². The van der Waals surface area contributed by atoms with Crippen LogP contribution in [0, 0.1) is 0 Å². The minimum atomic E-state index is -0.0936. The molecular weight excluding hydrogens is 426 g/mol. The maximum absolute atomic E-state index is 13.3. The fraction of sp³-hybridized carbons (Fsp3) is 0.259. The van der Waals surface area contributed by atoms with E-state index in [4.69, 9.17) is 0 Å². The van der Waals surface area contributed by atoms with Gasteiger partial charge in [0.1, 0.15) is 5.56 Å². The lowest BCUT2D eigenvalue weighted by molar-refractivity contribution is -0.132. The highest BCUT2D eigenvalue weighted by atomic mass is 16.2. The van der Waals surface area contributed by atoms with E-state index >= 15 is 0 Å². The molecule has 0 saturated carbocycles. The van der Waals surface area contributed by atoms with E-state index in [2.05, 4.69) is 22.2 Å². The summed E-state index contributed by atoms with van der Waals surface area (Å²) in [5, 5.41) is 4.45. The second-order valence-electron chi connectivity index (χ2n) is 8.50. The summed E-state index contributed by atoms with van der Waals surface area (Å²) in [5.74, 6) is 0.0667. The molecule has 0 bridgehead atoms. The van der Waals surface area contributed by atoms with Gasteiger partial charge in [-0.2, -0.15) is 5.10 Å². The molecule has 1 aliphatic heterocycles. The van der Waals surface area contributed by atoms with Crippen LogP contribution in [0.2, 0.25) is 0 Å². The van der Waals surface area contributed by atoms with Gasteiger partial charge < -0.3 is 9.80 Å². The SMILES string of the molecule is O=C(CCCc1ccccc1)N1CCN(C(=O)c2cnn3c(-c4ccccc4)ccnc23)CC1. The van der Waals surface area contributed by atoms with E-state index in [1.165, 1.54) is 5.56 Å². The van der Waals surface area contributed by atoms with Crippen LogP contribution in [0.3, 0.4) is 0 Å². The number of nitrogens with zero attached hydrogens (tertiary/aromatic N) is 5. The smallest absolute Gasteiger partial charge is 0.259 e. The molecule has 0 atom stereocenters. The van der Waals surface area contributed by atoms with Crippen molar-refractivity contribution in [2.45, 2.75) is 19.3 Å². The number of carbonyl (C=O) groups excluding carboxylic acids is 2. The zero-order chi connectivity index (χ0) is 23.3. The zero-order valence-electron chi connectivity index (χ0n) is 19.0. The van der Waals surface area contributed by atoms with E-state index in [0.717, 1.165) is 24.1 Å². The Morgan fingerprint density at radius 3 is 2.24 bits per heavy atom. The molecule has 0 aliphatic carbocycles. The van der Waals surface area contributed by atoms with Crippen LogP contribution < -0.4 is 0 Å². The van der Waals surface area contributed by atoms with E-state index in [9.17, 15) is 9.59 Å². The standard InChI is InChI=1S/C27H27N5O2/c33-25(13-7-10-21-8-3-1-4-9-21)30-16-18-31(19-17-30)27(34)23-20-29-32-24(14-15-28-26(23)32)22-11-5-2-6-12-22/h1-6,8-9,11-12,14-15,20H,7,10,13,16-19H2. The minimum Gasteiger partial charge on any atom is -0.339 e. The number of hydrogen-bond acceptors (Lipinski definition) is 4. The fourth-order valence-corrected chi connectivity index (χ4v) is 4.45. The Hall–Kier alpha value is -4.00. The summed E-state index contributed by atoms with van der Waals surface area (Å²) < 4.78 is 1.72. The lowest BCUT2D eigenvalue weighted by atomic mass is 10.1. The number of fused-ring (bicyclic) bond motifs is 1. The van der Waals surface area contributed by atoms with Gasteiger partial charge in [0.2, 0.25) is 5.91 Å². The number of piperazine rings is 1. The van der Waals surface area contributed by atoms with E-state index in [-0.39, 0.29) is 11.8 Å². The molecule has 2 aromatic carbocycles. The van der Waals surface area contributed by atoms with E-state index in [1.807, 2.05) is 59.5 Å². The van der Waals surface area contributed by atoms with Gasteiger partial charge in [-0.1, -0.05) is 60.7 Å². The molecule has 34 heavy (non-hydrogen) atoms. The summed E-state index contributed by atoms with van der Waals surface area (Å²) >= 11 is 0. The van der Waals surface area contributed by atoms with Gasteiger partial charge in [-0.25, -0.2) is 9.50 Å². The molecule has 2 aromatic heterocycles. The van der Waals surface area contributed by atoms with Crippen molar-refractivity contribution >= 4 is 17.5 Å². The first kappa shape index (κ1) is 21.8. The van der Waals surface area contributed by atoms with Gasteiger partial charge in [-0.15, -0.1) is 0 Å². The van der Waals surface area contributed by atoms with Crippen LogP contribution in [0.25, 0.3) is 16.9 Å². The second kappa shape index (κ2) is 9.87. The van der Waals surface area contributed by atoms with E-state index < -0.39 is 0 Å². The van der Waals surface area contributed by atoms with Crippen LogP contribution in [0.15, 0.2) is 79.1 Å². The summed E-state index contributed by atoms with van der Waals surface area (Å²) in [6.07, 6.45) is 5.57. The number of aromatic nitrogens is 3. The monoisotopic (exact) mass is 453 g/mol. The lowest BCUT2D eigenvalue weighted by Crippen LogP contribution is -2.50. The average Bonchev–Trinajstić information content (AvgIpc) is 3.34. The quantitative estimate of drug-likeness (QED) is 0.446. The highest BCUT2D eigenvalue weighted by Crippen LogP contribution is 2.22. The Labute approximate surface area is 198 Å². The Morgan fingerprint density at radius 1 is 0.824 bits per heavy atom. The molecule has 3 heterocycles. The van der Waals surface area contributed by atoms with Crippen LogP contribution in [-0.4, -0.2) is 62.4 Å². The van der Waals surface area contributed by atoms with Crippen molar-refractivity contribution < 1.29 is 9.59 Å². The predicted octanol–water partition coefficient (Wildman–Crippen LogP) is 3.70. The van der Waals surface area contributed by atoms with Gasteiger partial charge in [0.15, 0.2) is 5.65 Å². The first-order valence-electron chi connectivity index (χ1n) is 11.7. The average molecular weight is 454 g/mol. The molecule has 7 nitrogen and oxygen atoms in total. The molecule has 2 amide bonds. The number of rotatable bonds is 6. The first-order valence-corrected chi connectivity index (χ1v) is 11.7. The van der Waals surface area contributed by atoms with Gasteiger partial charge in [-0.05, 0) is 24.5 Å². The molecule has 0 radical (unpaired) electrons. The highest BCUT2D eigenvalue weighted by molar-refractivity contribution is 6.00. The molecule has 172 valence electrons. The number of hydrogen-bond donors (Lipinski definition) is 0. The molecule has 0 spiro atoms. The predicted molar refractivity (Wildman–Crippen MR) is 130 cm³/mol. The summed E-state index contributed by atoms with van der Waals surface area (Å²) in [6, 6.07) is 22.0. The molecule has 1 saturated heterocycles. The lowest BCUT2D eigenvalue weighted by Gasteiger charge is -2.34. The third kappa shape index (κ3) is 4.55. The van der Waals surface area contributed by atoms with Gasteiger partial charge in [-0.3, -0.25) is 9.59 Å². The van der Waals surface area contributed by atoms with Gasteiger partial charge in [0, 0.05) is 44.4 Å². The van der Waals surface area contributed by atoms with Crippen molar-refractivity contribution in [2.75, 3.05) is 26.2 Å². The van der Waals surface area contributed by atoms with Gasteiger partial charge in [0.25, 0.3) is 5.91 Å². The first-order chi connectivity index (χ1) is 16.7. The molecule has 1 fully saturated rings. The van der Waals surface area contributed by atoms with Crippen molar-refractivity contribution in [3.63, 3.8) is 0 Å². The maximum atomic E-state index is 13.3. The number of carbonyl (C=O) groups is 2. The third-order valence-corrected chi connectivity index (χ3v) is 6.32. The molecule has 5 rings (SSSR count). The van der Waals surface area contributed by atoms with Crippen LogP contribution in [-0.2, 0) is 11.2 Å². The normalized spacial score (nSPS) is 13.9. The Bertz CT molecular complexity index is 1280. The molecule has 0 N–H and O–H groups in total. The number of amides is 2. The van der Waals surface area contributed by atoms with Crippen molar-refractivity contribution in [1.29, 1.82) is 0 Å². The number of benzene rings is 2. The van der Waals surface area contributed by atoms with Crippen LogP contribution in [0.4, 0.5) is 0 Å². The van der Waals surface area contributed by atoms with E-state index in [0.29, 0.717) is 43.8 Å². The van der Waals surface area contributed by atoms with Crippen molar-refractivity contribution in [1.82, 2.24) is 24.4 Å². The van der Waals surface area contributed by atoms with Gasteiger partial charge >= 0.3 is 0 Å². The molecule has 0 unspecified atom stereocenters.